The van der Waals surface area contributed by atoms with Gasteiger partial charge in [0.05, 0.1) is 21.3 Å². The number of rotatable bonds is 4. The first-order chi connectivity index (χ1) is 9.75. The van der Waals surface area contributed by atoms with Gasteiger partial charge in [0.2, 0.25) is 5.75 Å². The first-order valence-electron chi connectivity index (χ1n) is 7.02. The molecule has 1 N–H and O–H groups in total. The highest BCUT2D eigenvalue weighted by Gasteiger charge is 2.29. The predicted octanol–water partition coefficient (Wildman–Crippen LogP) is 2.62. The lowest BCUT2D eigenvalue weighted by atomic mass is 9.95. The van der Waals surface area contributed by atoms with Gasteiger partial charge in [0.25, 0.3) is 0 Å². The summed E-state index contributed by atoms with van der Waals surface area (Å²) in [7, 11) is 4.94. The minimum atomic E-state index is 0.517. The molecule has 4 nitrogen and oxygen atoms in total. The molecule has 3 rings (SSSR count). The van der Waals surface area contributed by atoms with Crippen LogP contribution >= 0.6 is 0 Å². The molecule has 2 aliphatic rings. The second-order valence-electron chi connectivity index (χ2n) is 5.36. The molecule has 108 valence electrons. The van der Waals surface area contributed by atoms with E-state index in [1.807, 2.05) is 12.1 Å². The van der Waals surface area contributed by atoms with Gasteiger partial charge in [0.15, 0.2) is 11.5 Å². The SMILES string of the molecule is COc1cc(C2=CC3CCC(C2)N3)cc(OC)c1OC. The molecular formula is C16H21NO3. The summed E-state index contributed by atoms with van der Waals surface area (Å²) in [5, 5.41) is 3.61. The van der Waals surface area contributed by atoms with Gasteiger partial charge in [0, 0.05) is 12.1 Å². The monoisotopic (exact) mass is 275 g/mol. The van der Waals surface area contributed by atoms with Gasteiger partial charge < -0.3 is 19.5 Å². The Kier molecular flexibility index (Phi) is 3.57. The fourth-order valence-electron chi connectivity index (χ4n) is 3.20. The van der Waals surface area contributed by atoms with Crippen molar-refractivity contribution in [2.24, 2.45) is 0 Å². The Morgan fingerprint density at radius 2 is 1.70 bits per heavy atom. The lowest BCUT2D eigenvalue weighted by Crippen LogP contribution is -2.31. The fraction of sp³-hybridized carbons (Fsp3) is 0.500. The van der Waals surface area contributed by atoms with Gasteiger partial charge >= 0.3 is 0 Å². The zero-order valence-corrected chi connectivity index (χ0v) is 12.2. The van der Waals surface area contributed by atoms with E-state index in [0.29, 0.717) is 29.3 Å². The maximum Gasteiger partial charge on any atom is 0.203 e. The standard InChI is InChI=1S/C16H21NO3/c1-18-14-8-11(9-15(19-2)16(14)20-3)10-6-12-4-5-13(7-10)17-12/h6,8-9,12-13,17H,4-5,7H2,1-3H3. The molecule has 2 atom stereocenters. The molecule has 2 unspecified atom stereocenters. The molecule has 1 aromatic carbocycles. The van der Waals surface area contributed by atoms with Crippen molar-refractivity contribution in [1.82, 2.24) is 5.32 Å². The first-order valence-corrected chi connectivity index (χ1v) is 7.02. The van der Waals surface area contributed by atoms with E-state index in [2.05, 4.69) is 11.4 Å². The van der Waals surface area contributed by atoms with Crippen LogP contribution in [0.5, 0.6) is 17.2 Å². The molecule has 2 aliphatic heterocycles. The number of ether oxygens (including phenoxy) is 3. The van der Waals surface area contributed by atoms with Gasteiger partial charge in [-0.15, -0.1) is 0 Å². The maximum atomic E-state index is 5.43. The van der Waals surface area contributed by atoms with Crippen molar-refractivity contribution in [2.45, 2.75) is 31.3 Å². The topological polar surface area (TPSA) is 39.7 Å². The van der Waals surface area contributed by atoms with Gasteiger partial charge in [-0.2, -0.15) is 0 Å². The van der Waals surface area contributed by atoms with Crippen molar-refractivity contribution in [1.29, 1.82) is 0 Å². The van der Waals surface area contributed by atoms with Crippen molar-refractivity contribution in [3.8, 4) is 17.2 Å². The van der Waals surface area contributed by atoms with E-state index < -0.39 is 0 Å². The minimum absolute atomic E-state index is 0.517. The highest BCUT2D eigenvalue weighted by atomic mass is 16.5. The minimum Gasteiger partial charge on any atom is -0.493 e. The van der Waals surface area contributed by atoms with Crippen LogP contribution < -0.4 is 19.5 Å². The Balaban J connectivity index is 2.01. The second kappa shape index (κ2) is 5.37. The number of methoxy groups -OCH3 is 3. The third kappa shape index (κ3) is 2.24. The highest BCUT2D eigenvalue weighted by Crippen LogP contribution is 2.42. The molecule has 0 aromatic heterocycles. The van der Waals surface area contributed by atoms with Crippen LogP contribution in [-0.4, -0.2) is 33.4 Å². The third-order valence-electron chi connectivity index (χ3n) is 4.18. The number of nitrogens with one attached hydrogen (secondary N) is 1. The smallest absolute Gasteiger partial charge is 0.203 e. The van der Waals surface area contributed by atoms with Crippen LogP contribution in [0, 0.1) is 0 Å². The molecule has 1 aromatic rings. The summed E-state index contributed by atoms with van der Waals surface area (Å²) in [5.41, 5.74) is 2.54. The molecule has 0 radical (unpaired) electrons. The van der Waals surface area contributed by atoms with Crippen LogP contribution in [0.3, 0.4) is 0 Å². The quantitative estimate of drug-likeness (QED) is 0.917. The van der Waals surface area contributed by atoms with Crippen molar-refractivity contribution in [3.05, 3.63) is 23.8 Å². The van der Waals surface area contributed by atoms with Crippen LogP contribution in [-0.2, 0) is 0 Å². The van der Waals surface area contributed by atoms with E-state index in [4.69, 9.17) is 14.2 Å². The number of fused-ring (bicyclic) bond motifs is 2. The van der Waals surface area contributed by atoms with E-state index in [9.17, 15) is 0 Å². The van der Waals surface area contributed by atoms with E-state index in [0.717, 1.165) is 12.0 Å². The molecular weight excluding hydrogens is 254 g/mol. The van der Waals surface area contributed by atoms with Crippen LogP contribution in [0.25, 0.3) is 5.57 Å². The van der Waals surface area contributed by atoms with Crippen LogP contribution in [0.1, 0.15) is 24.8 Å². The van der Waals surface area contributed by atoms with Gasteiger partial charge in [0.1, 0.15) is 0 Å². The van der Waals surface area contributed by atoms with Crippen molar-refractivity contribution < 1.29 is 14.2 Å². The fourth-order valence-corrected chi connectivity index (χ4v) is 3.20. The molecule has 0 amide bonds. The largest absolute Gasteiger partial charge is 0.493 e. The Morgan fingerprint density at radius 1 is 1.00 bits per heavy atom. The van der Waals surface area contributed by atoms with Gasteiger partial charge in [-0.3, -0.25) is 0 Å². The first kappa shape index (κ1) is 13.3. The molecule has 2 heterocycles. The lowest BCUT2D eigenvalue weighted by molar-refractivity contribution is 0.324. The molecule has 20 heavy (non-hydrogen) atoms. The number of hydrogen-bond donors (Lipinski definition) is 1. The van der Waals surface area contributed by atoms with E-state index >= 15 is 0 Å². The van der Waals surface area contributed by atoms with E-state index in [1.54, 1.807) is 21.3 Å². The summed E-state index contributed by atoms with van der Waals surface area (Å²) in [6, 6.07) is 5.21. The summed E-state index contributed by atoms with van der Waals surface area (Å²) in [6.07, 6.45) is 5.90. The molecule has 4 heteroatoms. The predicted molar refractivity (Wildman–Crippen MR) is 78.6 cm³/mol. The van der Waals surface area contributed by atoms with Crippen LogP contribution in [0.4, 0.5) is 0 Å². The van der Waals surface area contributed by atoms with Crippen LogP contribution in [0.15, 0.2) is 18.2 Å². The molecule has 1 saturated heterocycles. The maximum absolute atomic E-state index is 5.43. The Labute approximate surface area is 119 Å². The van der Waals surface area contributed by atoms with Gasteiger partial charge in [-0.1, -0.05) is 6.08 Å². The third-order valence-corrected chi connectivity index (χ3v) is 4.18. The normalized spacial score (nSPS) is 24.2. The molecule has 1 fully saturated rings. The summed E-state index contributed by atoms with van der Waals surface area (Å²) in [6.45, 7) is 0. The Hall–Kier alpha value is -1.68. The van der Waals surface area contributed by atoms with E-state index in [1.165, 1.54) is 18.4 Å². The lowest BCUT2D eigenvalue weighted by Gasteiger charge is -2.23. The van der Waals surface area contributed by atoms with Gasteiger partial charge in [-0.05, 0) is 42.5 Å². The summed E-state index contributed by atoms with van der Waals surface area (Å²) < 4.78 is 16.2. The van der Waals surface area contributed by atoms with Crippen LogP contribution in [0.2, 0.25) is 0 Å². The van der Waals surface area contributed by atoms with E-state index in [-0.39, 0.29) is 0 Å². The molecule has 0 saturated carbocycles. The second-order valence-corrected chi connectivity index (χ2v) is 5.36. The summed E-state index contributed by atoms with van der Waals surface area (Å²) >= 11 is 0. The molecule has 0 spiro atoms. The molecule has 2 bridgehead atoms. The summed E-state index contributed by atoms with van der Waals surface area (Å²) in [5.74, 6) is 2.08. The zero-order chi connectivity index (χ0) is 14.1. The van der Waals surface area contributed by atoms with Crippen molar-refractivity contribution >= 4 is 5.57 Å². The summed E-state index contributed by atoms with van der Waals surface area (Å²) in [4.78, 5) is 0. The van der Waals surface area contributed by atoms with Gasteiger partial charge in [-0.25, -0.2) is 0 Å². The van der Waals surface area contributed by atoms with Crippen molar-refractivity contribution in [2.75, 3.05) is 21.3 Å². The average molecular weight is 275 g/mol. The highest BCUT2D eigenvalue weighted by molar-refractivity contribution is 5.72. The van der Waals surface area contributed by atoms with Crippen molar-refractivity contribution in [3.63, 3.8) is 0 Å². The number of benzene rings is 1. The zero-order valence-electron chi connectivity index (χ0n) is 12.2. The molecule has 0 aliphatic carbocycles. The Bertz CT molecular complexity index is 514. The Morgan fingerprint density at radius 3 is 2.25 bits per heavy atom. The average Bonchev–Trinajstić information content (AvgIpc) is 2.83. The number of hydrogen-bond acceptors (Lipinski definition) is 4.